The van der Waals surface area contributed by atoms with Crippen LogP contribution in [0.4, 0.5) is 0 Å². The number of ether oxygens (including phenoxy) is 1. The van der Waals surface area contributed by atoms with Crippen LogP contribution in [0.2, 0.25) is 0 Å². The molecule has 0 spiro atoms. The molecule has 1 N–H and O–H groups in total. The zero-order chi connectivity index (χ0) is 17.5. The summed E-state index contributed by atoms with van der Waals surface area (Å²) in [5.41, 5.74) is 1.25. The van der Waals surface area contributed by atoms with Crippen molar-refractivity contribution in [3.05, 3.63) is 48.0 Å². The number of nitrogens with zero attached hydrogens (tertiary/aromatic N) is 4. The molecule has 2 heterocycles. The Kier molecular flexibility index (Phi) is 6.14. The number of rotatable bonds is 7. The van der Waals surface area contributed by atoms with E-state index in [1.54, 1.807) is 6.33 Å². The summed E-state index contributed by atoms with van der Waals surface area (Å²) in [4.78, 5) is 14.6. The van der Waals surface area contributed by atoms with Crippen molar-refractivity contribution in [3.63, 3.8) is 0 Å². The maximum atomic E-state index is 12.4. The fraction of sp³-hybridized carbons (Fsp3) is 0.500. The van der Waals surface area contributed by atoms with Gasteiger partial charge in [0, 0.05) is 39.1 Å². The number of carbonyl (C=O) groups excluding carboxylic acids is 1. The molecular weight excluding hydrogens is 318 g/mol. The van der Waals surface area contributed by atoms with Crippen LogP contribution in [0.5, 0.6) is 0 Å². The van der Waals surface area contributed by atoms with Crippen molar-refractivity contribution < 1.29 is 9.53 Å². The highest BCUT2D eigenvalue weighted by molar-refractivity contribution is 5.81. The number of aryl methyl sites for hydroxylation is 1. The van der Waals surface area contributed by atoms with Gasteiger partial charge in [-0.05, 0) is 12.5 Å². The normalized spacial score (nSPS) is 18.2. The summed E-state index contributed by atoms with van der Waals surface area (Å²) in [6, 6.07) is 10.3. The van der Waals surface area contributed by atoms with Gasteiger partial charge in [-0.3, -0.25) is 9.69 Å². The van der Waals surface area contributed by atoms with E-state index < -0.39 is 6.10 Å². The van der Waals surface area contributed by atoms with Gasteiger partial charge in [0.05, 0.1) is 6.61 Å². The van der Waals surface area contributed by atoms with Crippen molar-refractivity contribution in [2.24, 2.45) is 0 Å². The zero-order valence-electron chi connectivity index (χ0n) is 14.6. The molecule has 1 fully saturated rings. The van der Waals surface area contributed by atoms with Gasteiger partial charge in [-0.25, -0.2) is 0 Å². The Balaban J connectivity index is 1.45. The molecule has 2 aromatic rings. The summed E-state index contributed by atoms with van der Waals surface area (Å²) in [6.07, 6.45) is 1.96. The number of carbonyl (C=O) groups is 1. The molecule has 134 valence electrons. The second-order valence-corrected chi connectivity index (χ2v) is 6.15. The average Bonchev–Trinajstić information content (AvgIpc) is 3.10. The van der Waals surface area contributed by atoms with Gasteiger partial charge >= 0.3 is 0 Å². The van der Waals surface area contributed by atoms with Gasteiger partial charge in [0.25, 0.3) is 0 Å². The third-order valence-electron chi connectivity index (χ3n) is 4.38. The molecule has 1 saturated heterocycles. The number of amides is 1. The zero-order valence-corrected chi connectivity index (χ0v) is 14.6. The highest BCUT2D eigenvalue weighted by atomic mass is 16.5. The van der Waals surface area contributed by atoms with Gasteiger partial charge in [-0.1, -0.05) is 30.3 Å². The van der Waals surface area contributed by atoms with E-state index >= 15 is 0 Å². The van der Waals surface area contributed by atoms with Crippen molar-refractivity contribution in [2.45, 2.75) is 32.5 Å². The smallest absolute Gasteiger partial charge is 0.250 e. The fourth-order valence-corrected chi connectivity index (χ4v) is 2.99. The van der Waals surface area contributed by atoms with E-state index in [0.29, 0.717) is 26.1 Å². The number of hydrogen-bond acceptors (Lipinski definition) is 5. The quantitative estimate of drug-likeness (QED) is 0.807. The van der Waals surface area contributed by atoms with Crippen LogP contribution in [0, 0.1) is 0 Å². The molecule has 7 heteroatoms. The molecule has 0 saturated carbocycles. The summed E-state index contributed by atoms with van der Waals surface area (Å²) < 4.78 is 7.63. The van der Waals surface area contributed by atoms with E-state index in [0.717, 1.165) is 25.5 Å². The topological polar surface area (TPSA) is 72.3 Å². The van der Waals surface area contributed by atoms with Crippen LogP contribution < -0.4 is 5.32 Å². The molecule has 1 atom stereocenters. The van der Waals surface area contributed by atoms with E-state index in [4.69, 9.17) is 4.74 Å². The van der Waals surface area contributed by atoms with Crippen LogP contribution in [0.15, 0.2) is 36.7 Å². The second-order valence-electron chi connectivity index (χ2n) is 6.15. The molecule has 1 aliphatic heterocycles. The Morgan fingerprint density at radius 1 is 1.36 bits per heavy atom. The second kappa shape index (κ2) is 8.73. The summed E-state index contributed by atoms with van der Waals surface area (Å²) in [6.45, 7) is 6.29. The number of aromatic nitrogens is 3. The van der Waals surface area contributed by atoms with Gasteiger partial charge in [0.2, 0.25) is 5.91 Å². The van der Waals surface area contributed by atoms with E-state index in [1.165, 1.54) is 5.56 Å². The molecule has 25 heavy (non-hydrogen) atoms. The Morgan fingerprint density at radius 2 is 2.20 bits per heavy atom. The maximum Gasteiger partial charge on any atom is 0.250 e. The van der Waals surface area contributed by atoms with Crippen molar-refractivity contribution in [2.75, 3.05) is 26.2 Å². The van der Waals surface area contributed by atoms with Gasteiger partial charge in [-0.15, -0.1) is 10.2 Å². The lowest BCUT2D eigenvalue weighted by Gasteiger charge is -2.32. The van der Waals surface area contributed by atoms with Crippen LogP contribution in [0.25, 0.3) is 0 Å². The highest BCUT2D eigenvalue weighted by Crippen LogP contribution is 2.10. The SMILES string of the molecule is CCn1cnnc1CCNC(=O)[C@H]1CN(Cc2ccccc2)CCO1. The average molecular weight is 343 g/mol. The van der Waals surface area contributed by atoms with Crippen molar-refractivity contribution in [1.29, 1.82) is 0 Å². The van der Waals surface area contributed by atoms with Crippen LogP contribution in [0.3, 0.4) is 0 Å². The van der Waals surface area contributed by atoms with Crippen molar-refractivity contribution >= 4 is 5.91 Å². The molecule has 0 bridgehead atoms. The van der Waals surface area contributed by atoms with Gasteiger partial charge < -0.3 is 14.6 Å². The number of benzene rings is 1. The standard InChI is InChI=1S/C18H25N5O2/c1-2-23-14-20-21-17(23)8-9-19-18(24)16-13-22(10-11-25-16)12-15-6-4-3-5-7-15/h3-7,14,16H,2,8-13H2,1H3,(H,19,24)/t16-/m1/s1. The van der Waals surface area contributed by atoms with Gasteiger partial charge in [0.15, 0.2) is 0 Å². The van der Waals surface area contributed by atoms with Gasteiger partial charge in [-0.2, -0.15) is 0 Å². The minimum absolute atomic E-state index is 0.0553. The number of hydrogen-bond donors (Lipinski definition) is 1. The predicted octanol–water partition coefficient (Wildman–Crippen LogP) is 0.858. The molecule has 1 aromatic heterocycles. The molecule has 0 radical (unpaired) electrons. The lowest BCUT2D eigenvalue weighted by molar-refractivity contribution is -0.138. The van der Waals surface area contributed by atoms with E-state index in [2.05, 4.69) is 32.5 Å². The Labute approximate surface area is 148 Å². The number of morpholine rings is 1. The first-order chi connectivity index (χ1) is 12.3. The monoisotopic (exact) mass is 343 g/mol. The molecule has 0 unspecified atom stereocenters. The molecular formula is C18H25N5O2. The third-order valence-corrected chi connectivity index (χ3v) is 4.38. The first-order valence-corrected chi connectivity index (χ1v) is 8.78. The molecule has 3 rings (SSSR count). The maximum absolute atomic E-state index is 12.4. The van der Waals surface area contributed by atoms with E-state index in [1.807, 2.05) is 29.7 Å². The Bertz CT molecular complexity index is 673. The van der Waals surface area contributed by atoms with Crippen LogP contribution in [-0.2, 0) is 29.0 Å². The minimum Gasteiger partial charge on any atom is -0.366 e. The van der Waals surface area contributed by atoms with E-state index in [-0.39, 0.29) is 5.91 Å². The highest BCUT2D eigenvalue weighted by Gasteiger charge is 2.26. The summed E-state index contributed by atoms with van der Waals surface area (Å²) in [7, 11) is 0. The number of nitrogens with one attached hydrogen (secondary N) is 1. The largest absolute Gasteiger partial charge is 0.366 e. The summed E-state index contributed by atoms with van der Waals surface area (Å²) in [5.74, 6) is 0.832. The third kappa shape index (κ3) is 4.87. The summed E-state index contributed by atoms with van der Waals surface area (Å²) in [5, 5.41) is 10.9. The first-order valence-electron chi connectivity index (χ1n) is 8.78. The minimum atomic E-state index is -0.415. The lowest BCUT2D eigenvalue weighted by Crippen LogP contribution is -2.49. The fourth-order valence-electron chi connectivity index (χ4n) is 2.99. The van der Waals surface area contributed by atoms with Crippen molar-refractivity contribution in [1.82, 2.24) is 25.0 Å². The first kappa shape index (κ1) is 17.6. The molecule has 1 amide bonds. The van der Waals surface area contributed by atoms with Crippen LogP contribution in [0.1, 0.15) is 18.3 Å². The van der Waals surface area contributed by atoms with E-state index in [9.17, 15) is 4.79 Å². The van der Waals surface area contributed by atoms with Crippen LogP contribution >= 0.6 is 0 Å². The molecule has 1 aliphatic rings. The Morgan fingerprint density at radius 3 is 3.00 bits per heavy atom. The molecule has 0 aliphatic carbocycles. The lowest BCUT2D eigenvalue weighted by atomic mass is 10.2. The molecule has 1 aromatic carbocycles. The predicted molar refractivity (Wildman–Crippen MR) is 93.9 cm³/mol. The molecule has 7 nitrogen and oxygen atoms in total. The summed E-state index contributed by atoms with van der Waals surface area (Å²) >= 11 is 0. The van der Waals surface area contributed by atoms with Crippen LogP contribution in [-0.4, -0.2) is 57.9 Å². The van der Waals surface area contributed by atoms with Gasteiger partial charge in [0.1, 0.15) is 18.3 Å². The van der Waals surface area contributed by atoms with Crippen molar-refractivity contribution in [3.8, 4) is 0 Å². The Hall–Kier alpha value is -2.25.